The number of carbonyl (C=O) groups is 1. The van der Waals surface area contributed by atoms with E-state index in [9.17, 15) is 9.90 Å². The van der Waals surface area contributed by atoms with E-state index in [-0.39, 0.29) is 0 Å². The summed E-state index contributed by atoms with van der Waals surface area (Å²) in [5.41, 5.74) is 0.473. The fourth-order valence-electron chi connectivity index (χ4n) is 1.24. The molecule has 4 nitrogen and oxygen atoms in total. The molecule has 0 heterocycles. The third-order valence-electron chi connectivity index (χ3n) is 2.07. The van der Waals surface area contributed by atoms with Crippen LogP contribution >= 0.6 is 0 Å². The molecule has 4 heteroatoms. The average molecular weight is 224 g/mol. The van der Waals surface area contributed by atoms with Gasteiger partial charge in [0, 0.05) is 0 Å². The van der Waals surface area contributed by atoms with E-state index in [1.807, 2.05) is 6.92 Å². The maximum Gasteiger partial charge on any atom is 0.339 e. The molecule has 1 N–H and O–H groups in total. The van der Waals surface area contributed by atoms with Gasteiger partial charge in [0.15, 0.2) is 6.10 Å². The van der Waals surface area contributed by atoms with Gasteiger partial charge in [-0.05, 0) is 24.1 Å². The average Bonchev–Trinajstić information content (AvgIpc) is 2.34. The molecule has 0 amide bonds. The van der Waals surface area contributed by atoms with Crippen LogP contribution in [0.2, 0.25) is 0 Å². The third-order valence-corrected chi connectivity index (χ3v) is 2.07. The fraction of sp³-hybridized carbons (Fsp3) is 0.417. The van der Waals surface area contributed by atoms with Gasteiger partial charge < -0.3 is 14.6 Å². The Labute approximate surface area is 94.8 Å². The molecule has 0 saturated heterocycles. The van der Waals surface area contributed by atoms with Gasteiger partial charge in [0.1, 0.15) is 5.75 Å². The van der Waals surface area contributed by atoms with E-state index >= 15 is 0 Å². The van der Waals surface area contributed by atoms with E-state index in [1.165, 1.54) is 7.11 Å². The fourth-order valence-corrected chi connectivity index (χ4v) is 1.24. The first-order chi connectivity index (χ1) is 7.69. The highest BCUT2D eigenvalue weighted by molar-refractivity contribution is 5.76. The van der Waals surface area contributed by atoms with Crippen LogP contribution in [0.5, 0.6) is 5.75 Å². The van der Waals surface area contributed by atoms with E-state index in [4.69, 9.17) is 4.74 Å². The lowest BCUT2D eigenvalue weighted by Gasteiger charge is -2.10. The SMILES string of the molecule is CCCOc1cccc(C(O)C(=O)OC)c1. The Bertz CT molecular complexity index is 349. The zero-order chi connectivity index (χ0) is 12.0. The standard InChI is InChI=1S/C12H16O4/c1-3-7-16-10-6-4-5-9(8-10)11(13)12(14)15-2/h4-6,8,11,13H,3,7H2,1-2H3. The zero-order valence-electron chi connectivity index (χ0n) is 9.47. The molecule has 0 bridgehead atoms. The normalized spacial score (nSPS) is 11.9. The minimum Gasteiger partial charge on any atom is -0.494 e. The van der Waals surface area contributed by atoms with Crippen molar-refractivity contribution in [3.63, 3.8) is 0 Å². The van der Waals surface area contributed by atoms with Crippen LogP contribution in [0.3, 0.4) is 0 Å². The van der Waals surface area contributed by atoms with Crippen molar-refractivity contribution >= 4 is 5.97 Å². The highest BCUT2D eigenvalue weighted by Crippen LogP contribution is 2.20. The lowest BCUT2D eigenvalue weighted by molar-refractivity contribution is -0.150. The van der Waals surface area contributed by atoms with E-state index in [0.29, 0.717) is 17.9 Å². The largest absolute Gasteiger partial charge is 0.494 e. The van der Waals surface area contributed by atoms with Crippen LogP contribution in [-0.2, 0) is 9.53 Å². The second kappa shape index (κ2) is 6.12. The van der Waals surface area contributed by atoms with E-state index in [2.05, 4.69) is 4.74 Å². The predicted molar refractivity (Wildman–Crippen MR) is 59.2 cm³/mol. The number of hydrogen-bond acceptors (Lipinski definition) is 4. The second-order valence-corrected chi connectivity index (χ2v) is 3.35. The minimum atomic E-state index is -1.25. The third kappa shape index (κ3) is 3.24. The summed E-state index contributed by atoms with van der Waals surface area (Å²) >= 11 is 0. The van der Waals surface area contributed by atoms with Gasteiger partial charge in [0.25, 0.3) is 0 Å². The highest BCUT2D eigenvalue weighted by Gasteiger charge is 2.17. The van der Waals surface area contributed by atoms with E-state index < -0.39 is 12.1 Å². The van der Waals surface area contributed by atoms with E-state index in [0.717, 1.165) is 6.42 Å². The monoisotopic (exact) mass is 224 g/mol. The molecule has 0 fully saturated rings. The Hall–Kier alpha value is -1.55. The first-order valence-electron chi connectivity index (χ1n) is 5.17. The van der Waals surface area contributed by atoms with Crippen LogP contribution in [-0.4, -0.2) is 24.8 Å². The molecule has 0 aliphatic rings. The van der Waals surface area contributed by atoms with Gasteiger partial charge in [0.05, 0.1) is 13.7 Å². The number of rotatable bonds is 5. The Kier molecular flexibility index (Phi) is 4.79. The van der Waals surface area contributed by atoms with E-state index in [1.54, 1.807) is 24.3 Å². The predicted octanol–water partition coefficient (Wildman–Crippen LogP) is 1.68. The summed E-state index contributed by atoms with van der Waals surface area (Å²) in [6.45, 7) is 2.62. The number of methoxy groups -OCH3 is 1. The number of esters is 1. The van der Waals surface area contributed by atoms with Crippen molar-refractivity contribution in [2.45, 2.75) is 19.4 Å². The maximum atomic E-state index is 11.1. The topological polar surface area (TPSA) is 55.8 Å². The van der Waals surface area contributed by atoms with Crippen LogP contribution in [0.1, 0.15) is 25.0 Å². The van der Waals surface area contributed by atoms with Gasteiger partial charge in [-0.2, -0.15) is 0 Å². The molecule has 0 aliphatic heterocycles. The van der Waals surface area contributed by atoms with Gasteiger partial charge in [-0.1, -0.05) is 19.1 Å². The molecule has 0 aromatic heterocycles. The summed E-state index contributed by atoms with van der Waals surface area (Å²) in [5.74, 6) is -0.0325. The Morgan fingerprint density at radius 3 is 2.88 bits per heavy atom. The molecule has 1 aromatic rings. The molecule has 0 saturated carbocycles. The number of hydrogen-bond donors (Lipinski definition) is 1. The van der Waals surface area contributed by atoms with Gasteiger partial charge in [0.2, 0.25) is 0 Å². The number of carbonyl (C=O) groups excluding carboxylic acids is 1. The second-order valence-electron chi connectivity index (χ2n) is 3.35. The van der Waals surface area contributed by atoms with Gasteiger partial charge in [-0.25, -0.2) is 4.79 Å². The molecular weight excluding hydrogens is 208 g/mol. The number of aliphatic hydroxyl groups is 1. The maximum absolute atomic E-state index is 11.1. The number of ether oxygens (including phenoxy) is 2. The molecule has 1 unspecified atom stereocenters. The summed E-state index contributed by atoms with van der Waals surface area (Å²) in [4.78, 5) is 11.1. The van der Waals surface area contributed by atoms with Crippen LogP contribution < -0.4 is 4.74 Å². The van der Waals surface area contributed by atoms with Crippen LogP contribution in [0.4, 0.5) is 0 Å². The van der Waals surface area contributed by atoms with Crippen molar-refractivity contribution in [3.05, 3.63) is 29.8 Å². The Morgan fingerprint density at radius 2 is 2.25 bits per heavy atom. The zero-order valence-corrected chi connectivity index (χ0v) is 9.47. The quantitative estimate of drug-likeness (QED) is 0.773. The Balaban J connectivity index is 2.77. The first kappa shape index (κ1) is 12.5. The van der Waals surface area contributed by atoms with Gasteiger partial charge in [-0.3, -0.25) is 0 Å². The lowest BCUT2D eigenvalue weighted by atomic mass is 10.1. The Morgan fingerprint density at radius 1 is 1.50 bits per heavy atom. The van der Waals surface area contributed by atoms with Gasteiger partial charge in [-0.15, -0.1) is 0 Å². The molecular formula is C12H16O4. The summed E-state index contributed by atoms with van der Waals surface area (Å²) in [6.07, 6.45) is -0.348. The summed E-state index contributed by atoms with van der Waals surface area (Å²) < 4.78 is 9.85. The summed E-state index contributed by atoms with van der Waals surface area (Å²) in [5, 5.41) is 9.61. The molecule has 1 rings (SSSR count). The van der Waals surface area contributed by atoms with Crippen molar-refractivity contribution in [2.75, 3.05) is 13.7 Å². The molecule has 0 aliphatic carbocycles. The smallest absolute Gasteiger partial charge is 0.339 e. The molecule has 0 spiro atoms. The molecule has 0 radical (unpaired) electrons. The lowest BCUT2D eigenvalue weighted by Crippen LogP contribution is -2.13. The summed E-state index contributed by atoms with van der Waals surface area (Å²) in [6, 6.07) is 6.80. The molecule has 1 aromatic carbocycles. The minimum absolute atomic E-state index is 0.473. The van der Waals surface area contributed by atoms with Crippen LogP contribution in [0, 0.1) is 0 Å². The summed E-state index contributed by atoms with van der Waals surface area (Å²) in [7, 11) is 1.24. The van der Waals surface area contributed by atoms with Crippen LogP contribution in [0.25, 0.3) is 0 Å². The first-order valence-corrected chi connectivity index (χ1v) is 5.17. The molecule has 16 heavy (non-hydrogen) atoms. The van der Waals surface area contributed by atoms with Crippen molar-refractivity contribution in [1.29, 1.82) is 0 Å². The molecule has 88 valence electrons. The van der Waals surface area contributed by atoms with Crippen molar-refractivity contribution in [1.82, 2.24) is 0 Å². The number of benzene rings is 1. The highest BCUT2D eigenvalue weighted by atomic mass is 16.5. The van der Waals surface area contributed by atoms with Gasteiger partial charge >= 0.3 is 5.97 Å². The van der Waals surface area contributed by atoms with Crippen molar-refractivity contribution in [2.24, 2.45) is 0 Å². The van der Waals surface area contributed by atoms with Crippen LogP contribution in [0.15, 0.2) is 24.3 Å². The van der Waals surface area contributed by atoms with Crippen molar-refractivity contribution in [3.8, 4) is 5.75 Å². The molecule has 1 atom stereocenters. The number of aliphatic hydroxyl groups excluding tert-OH is 1. The van der Waals surface area contributed by atoms with Crippen molar-refractivity contribution < 1.29 is 19.4 Å².